The molecule has 0 aliphatic carbocycles. The fraction of sp³-hybridized carbons (Fsp3) is 0.857. The summed E-state index contributed by atoms with van der Waals surface area (Å²) in [6.07, 6.45) is -0.418. The molecule has 1 amide bonds. The molecule has 0 saturated carbocycles. The van der Waals surface area contributed by atoms with Crippen molar-refractivity contribution in [3.8, 4) is 0 Å². The summed E-state index contributed by atoms with van der Waals surface area (Å²) in [5.74, 6) is 0.0703. The molecule has 0 aromatic carbocycles. The fourth-order valence-electron chi connectivity index (χ4n) is 0.789. The van der Waals surface area contributed by atoms with Crippen LogP contribution in [-0.4, -0.2) is 42.2 Å². The van der Waals surface area contributed by atoms with Gasteiger partial charge in [0.1, 0.15) is 12.6 Å². The Labute approximate surface area is 61.9 Å². The van der Waals surface area contributed by atoms with Gasteiger partial charge in [-0.2, -0.15) is 0 Å². The maximum absolute atomic E-state index is 10.9. The normalized spacial score (nSPS) is 14.9. The van der Waals surface area contributed by atoms with Gasteiger partial charge >= 0.3 is 5.91 Å². The van der Waals surface area contributed by atoms with Crippen LogP contribution < -0.4 is 0 Å². The summed E-state index contributed by atoms with van der Waals surface area (Å²) in [5, 5.41) is 8.97. The van der Waals surface area contributed by atoms with Crippen LogP contribution in [0.25, 0.3) is 0 Å². The van der Waals surface area contributed by atoms with E-state index < -0.39 is 6.10 Å². The SMILES string of the molecule is CC(=O)[N+](C)(C)CC(C)O. The Hall–Kier alpha value is -0.410. The van der Waals surface area contributed by atoms with Gasteiger partial charge in [0.05, 0.1) is 21.0 Å². The maximum atomic E-state index is 10.9. The van der Waals surface area contributed by atoms with Gasteiger partial charge in [0.25, 0.3) is 0 Å². The summed E-state index contributed by atoms with van der Waals surface area (Å²) < 4.78 is 0.248. The zero-order chi connectivity index (χ0) is 8.36. The zero-order valence-electron chi connectivity index (χ0n) is 7.09. The first-order chi connectivity index (χ1) is 4.36. The van der Waals surface area contributed by atoms with Crippen molar-refractivity contribution >= 4 is 5.91 Å². The molecule has 0 saturated heterocycles. The highest BCUT2D eigenvalue weighted by atomic mass is 16.3. The minimum atomic E-state index is -0.418. The molecule has 0 aliphatic heterocycles. The van der Waals surface area contributed by atoms with Crippen LogP contribution in [-0.2, 0) is 4.79 Å². The summed E-state index contributed by atoms with van der Waals surface area (Å²) in [6.45, 7) is 3.70. The first-order valence-electron chi connectivity index (χ1n) is 3.38. The minimum Gasteiger partial charge on any atom is -0.388 e. The smallest absolute Gasteiger partial charge is 0.310 e. The van der Waals surface area contributed by atoms with Gasteiger partial charge in [0, 0.05) is 0 Å². The molecule has 1 atom stereocenters. The second-order valence-electron chi connectivity index (χ2n) is 3.24. The summed E-state index contributed by atoms with van der Waals surface area (Å²) in [4.78, 5) is 10.9. The number of quaternary nitrogens is 1. The molecule has 10 heavy (non-hydrogen) atoms. The van der Waals surface area contributed by atoms with Gasteiger partial charge in [-0.1, -0.05) is 0 Å². The largest absolute Gasteiger partial charge is 0.388 e. The van der Waals surface area contributed by atoms with E-state index in [4.69, 9.17) is 5.11 Å². The number of carbonyl (C=O) groups is 1. The molecule has 1 unspecified atom stereocenters. The van der Waals surface area contributed by atoms with E-state index in [-0.39, 0.29) is 10.4 Å². The van der Waals surface area contributed by atoms with Crippen molar-refractivity contribution in [1.82, 2.24) is 0 Å². The van der Waals surface area contributed by atoms with Crippen molar-refractivity contribution in [2.24, 2.45) is 0 Å². The third-order valence-electron chi connectivity index (χ3n) is 1.57. The van der Waals surface area contributed by atoms with Gasteiger partial charge < -0.3 is 5.11 Å². The van der Waals surface area contributed by atoms with E-state index >= 15 is 0 Å². The van der Waals surface area contributed by atoms with Crippen molar-refractivity contribution in [3.05, 3.63) is 0 Å². The Morgan fingerprint density at radius 3 is 2.10 bits per heavy atom. The van der Waals surface area contributed by atoms with Crippen molar-refractivity contribution in [2.75, 3.05) is 20.6 Å². The molecule has 3 nitrogen and oxygen atoms in total. The molecule has 0 aliphatic rings. The molecule has 0 spiro atoms. The van der Waals surface area contributed by atoms with E-state index in [1.165, 1.54) is 6.92 Å². The van der Waals surface area contributed by atoms with Crippen molar-refractivity contribution in [3.63, 3.8) is 0 Å². The van der Waals surface area contributed by atoms with Gasteiger partial charge in [0.2, 0.25) is 0 Å². The van der Waals surface area contributed by atoms with Crippen LogP contribution in [0.2, 0.25) is 0 Å². The maximum Gasteiger partial charge on any atom is 0.310 e. The Bertz CT molecular complexity index is 130. The van der Waals surface area contributed by atoms with Crippen molar-refractivity contribution in [1.29, 1.82) is 0 Å². The second-order valence-corrected chi connectivity index (χ2v) is 3.24. The third kappa shape index (κ3) is 2.94. The van der Waals surface area contributed by atoms with Crippen LogP contribution in [0, 0.1) is 0 Å². The minimum absolute atomic E-state index is 0.0703. The molecule has 0 bridgehead atoms. The van der Waals surface area contributed by atoms with Crippen LogP contribution in [0.15, 0.2) is 0 Å². The van der Waals surface area contributed by atoms with Crippen LogP contribution in [0.3, 0.4) is 0 Å². The molecule has 0 fully saturated rings. The van der Waals surface area contributed by atoms with E-state index in [0.717, 1.165) is 0 Å². The molecule has 0 aromatic rings. The first kappa shape index (κ1) is 9.59. The Kier molecular flexibility index (Phi) is 2.99. The van der Waals surface area contributed by atoms with Crippen molar-refractivity contribution in [2.45, 2.75) is 20.0 Å². The Morgan fingerprint density at radius 2 is 2.00 bits per heavy atom. The molecule has 1 N–H and O–H groups in total. The van der Waals surface area contributed by atoms with E-state index in [0.29, 0.717) is 6.54 Å². The van der Waals surface area contributed by atoms with Crippen LogP contribution in [0.5, 0.6) is 0 Å². The van der Waals surface area contributed by atoms with Gasteiger partial charge in [-0.05, 0) is 6.92 Å². The monoisotopic (exact) mass is 146 g/mol. The first-order valence-corrected chi connectivity index (χ1v) is 3.38. The quantitative estimate of drug-likeness (QED) is 0.556. The third-order valence-corrected chi connectivity index (χ3v) is 1.57. The number of amides is 1. The fourth-order valence-corrected chi connectivity index (χ4v) is 0.789. The Morgan fingerprint density at radius 1 is 1.60 bits per heavy atom. The van der Waals surface area contributed by atoms with Gasteiger partial charge in [0.15, 0.2) is 0 Å². The lowest BCUT2D eigenvalue weighted by atomic mass is 10.3. The lowest BCUT2D eigenvalue weighted by molar-refractivity contribution is -0.816. The van der Waals surface area contributed by atoms with Crippen LogP contribution in [0.1, 0.15) is 13.8 Å². The topological polar surface area (TPSA) is 37.3 Å². The highest BCUT2D eigenvalue weighted by Gasteiger charge is 2.23. The van der Waals surface area contributed by atoms with Gasteiger partial charge in [-0.3, -0.25) is 4.48 Å². The summed E-state index contributed by atoms with van der Waals surface area (Å²) >= 11 is 0. The lowest BCUT2D eigenvalue weighted by Gasteiger charge is -2.26. The molecule has 3 heteroatoms. The highest BCUT2D eigenvalue weighted by molar-refractivity contribution is 5.65. The van der Waals surface area contributed by atoms with E-state index in [1.54, 1.807) is 21.0 Å². The molecule has 0 rings (SSSR count). The number of aliphatic hydroxyl groups is 1. The molecular formula is C7H16NO2+. The number of rotatable bonds is 2. The van der Waals surface area contributed by atoms with Gasteiger partial charge in [-0.15, -0.1) is 0 Å². The number of nitrogens with zero attached hydrogens (tertiary/aromatic N) is 1. The van der Waals surface area contributed by atoms with Crippen LogP contribution in [0.4, 0.5) is 0 Å². The predicted octanol–water partition coefficient (Wildman–Crippen LogP) is -0.00990. The molecule has 0 aromatic heterocycles. The van der Waals surface area contributed by atoms with Crippen molar-refractivity contribution < 1.29 is 14.4 Å². The number of likely N-dealkylation sites (N-methyl/N-ethyl adjacent to an activating group) is 1. The zero-order valence-corrected chi connectivity index (χ0v) is 7.09. The number of hydrogen-bond acceptors (Lipinski definition) is 2. The number of hydrogen-bond donors (Lipinski definition) is 1. The van der Waals surface area contributed by atoms with Crippen LogP contribution >= 0.6 is 0 Å². The molecule has 0 radical (unpaired) electrons. The van der Waals surface area contributed by atoms with E-state index in [9.17, 15) is 4.79 Å². The second kappa shape index (κ2) is 3.12. The standard InChI is InChI=1S/C7H16NO2/c1-6(9)5-8(3,4)7(2)10/h6,9H,5H2,1-4H3/q+1. The van der Waals surface area contributed by atoms with E-state index in [2.05, 4.69) is 0 Å². The lowest BCUT2D eigenvalue weighted by Crippen LogP contribution is -2.48. The highest BCUT2D eigenvalue weighted by Crippen LogP contribution is 1.99. The summed E-state index contributed by atoms with van der Waals surface area (Å²) in [5.41, 5.74) is 0. The number of carbonyl (C=O) groups excluding carboxylic acids is 1. The summed E-state index contributed by atoms with van der Waals surface area (Å²) in [7, 11) is 3.57. The van der Waals surface area contributed by atoms with Gasteiger partial charge in [-0.25, -0.2) is 4.79 Å². The van der Waals surface area contributed by atoms with E-state index in [1.807, 2.05) is 0 Å². The predicted molar refractivity (Wildman–Crippen MR) is 39.3 cm³/mol. The molecule has 60 valence electrons. The summed E-state index contributed by atoms with van der Waals surface area (Å²) in [6, 6.07) is 0. The Balaban J connectivity index is 4.00. The molecular weight excluding hydrogens is 130 g/mol. The average molecular weight is 146 g/mol. The number of aliphatic hydroxyl groups excluding tert-OH is 1. The molecule has 0 heterocycles. The average Bonchev–Trinajstić information content (AvgIpc) is 1.60.